The van der Waals surface area contributed by atoms with E-state index in [4.69, 9.17) is 4.74 Å². The van der Waals surface area contributed by atoms with Crippen LogP contribution >= 0.6 is 0 Å². The number of ether oxygens (including phenoxy) is 1. The summed E-state index contributed by atoms with van der Waals surface area (Å²) in [6.07, 6.45) is 0. The molecule has 0 unspecified atom stereocenters. The SMILES string of the molecule is CN(C)c1cccc(NC(=O)NCC(=O)N(CC(=O)N(C)c2ccccc2)c2ccccc2OCC(=O)N(C)c2cccc(O)c2)c1. The number of anilines is 5. The predicted octanol–water partition coefficient (Wildman–Crippen LogP) is 4.32. The lowest BCUT2D eigenvalue weighted by Gasteiger charge is -2.27. The number of carbonyl (C=O) groups excluding carboxylic acids is 4. The van der Waals surface area contributed by atoms with Crippen LogP contribution < -0.4 is 35.0 Å². The number of likely N-dealkylation sites (N-methyl/N-ethyl adjacent to an activating group) is 2. The highest BCUT2D eigenvalue weighted by Crippen LogP contribution is 2.29. The third-order valence-corrected chi connectivity index (χ3v) is 7.23. The van der Waals surface area contributed by atoms with E-state index in [-0.39, 0.29) is 23.7 Å². The maximum atomic E-state index is 13.7. The summed E-state index contributed by atoms with van der Waals surface area (Å²) >= 11 is 0. The van der Waals surface area contributed by atoms with Gasteiger partial charge in [-0.25, -0.2) is 4.79 Å². The first-order chi connectivity index (χ1) is 22.5. The topological polar surface area (TPSA) is 135 Å². The Kier molecular flexibility index (Phi) is 11.4. The van der Waals surface area contributed by atoms with Crippen LogP contribution in [0.3, 0.4) is 0 Å². The summed E-state index contributed by atoms with van der Waals surface area (Å²) in [6, 6.07) is 28.3. The van der Waals surface area contributed by atoms with Gasteiger partial charge in [-0.3, -0.25) is 19.3 Å². The third-order valence-electron chi connectivity index (χ3n) is 7.23. The Bertz CT molecular complexity index is 1710. The Morgan fingerprint density at radius 1 is 0.681 bits per heavy atom. The normalized spacial score (nSPS) is 10.4. The van der Waals surface area contributed by atoms with E-state index < -0.39 is 36.9 Å². The molecule has 0 spiro atoms. The molecule has 0 atom stereocenters. The lowest BCUT2D eigenvalue weighted by Crippen LogP contribution is -2.46. The molecule has 0 aliphatic rings. The average Bonchev–Trinajstić information content (AvgIpc) is 3.08. The van der Waals surface area contributed by atoms with Gasteiger partial charge >= 0.3 is 6.03 Å². The number of hydrogen-bond acceptors (Lipinski definition) is 7. The molecule has 12 heteroatoms. The van der Waals surface area contributed by atoms with Crippen molar-refractivity contribution in [2.45, 2.75) is 0 Å². The molecular weight excluding hydrogens is 600 g/mol. The second kappa shape index (κ2) is 15.8. The highest BCUT2D eigenvalue weighted by Gasteiger charge is 2.25. The molecule has 0 bridgehead atoms. The summed E-state index contributed by atoms with van der Waals surface area (Å²) in [5.74, 6) is -1.21. The van der Waals surface area contributed by atoms with Crippen molar-refractivity contribution in [3.05, 3.63) is 103 Å². The lowest BCUT2D eigenvalue weighted by atomic mass is 10.2. The van der Waals surface area contributed by atoms with Crippen molar-refractivity contribution in [2.24, 2.45) is 0 Å². The van der Waals surface area contributed by atoms with Gasteiger partial charge in [0, 0.05) is 57.0 Å². The standard InChI is InChI=1S/C35H38N6O6/c1-38(2)27-15-10-12-25(20-27)37-35(46)36-22-32(43)41(23-33(44)39(3)26-13-6-5-7-14-26)30-18-8-9-19-31(30)47-24-34(45)40(4)28-16-11-17-29(42)21-28/h5-21,42H,22-24H2,1-4H3,(H2,36,37,46). The quantitative estimate of drug-likeness (QED) is 0.210. The van der Waals surface area contributed by atoms with Gasteiger partial charge < -0.3 is 35.2 Å². The van der Waals surface area contributed by atoms with E-state index in [1.165, 1.54) is 26.8 Å². The molecule has 0 saturated heterocycles. The number of nitrogens with one attached hydrogen (secondary N) is 2. The Labute approximate surface area is 273 Å². The summed E-state index contributed by atoms with van der Waals surface area (Å²) in [7, 11) is 6.92. The maximum absolute atomic E-state index is 13.7. The van der Waals surface area contributed by atoms with Crippen LogP contribution in [0.15, 0.2) is 103 Å². The minimum Gasteiger partial charge on any atom is -0.508 e. The molecule has 0 saturated carbocycles. The second-order valence-corrected chi connectivity index (χ2v) is 10.7. The van der Waals surface area contributed by atoms with Crippen LogP contribution in [-0.2, 0) is 14.4 Å². The van der Waals surface area contributed by atoms with E-state index in [0.29, 0.717) is 17.1 Å². The van der Waals surface area contributed by atoms with E-state index in [0.717, 1.165) is 5.69 Å². The van der Waals surface area contributed by atoms with Crippen molar-refractivity contribution in [2.75, 3.05) is 72.8 Å². The molecule has 3 N–H and O–H groups in total. The number of phenolic OH excluding ortho intramolecular Hbond substituents is 1. The first kappa shape index (κ1) is 33.8. The molecule has 0 fully saturated rings. The molecule has 47 heavy (non-hydrogen) atoms. The molecule has 4 aromatic carbocycles. The number of benzene rings is 4. The smallest absolute Gasteiger partial charge is 0.319 e. The van der Waals surface area contributed by atoms with Crippen LogP contribution in [0.2, 0.25) is 0 Å². The number of hydrogen-bond donors (Lipinski definition) is 3. The van der Waals surface area contributed by atoms with Crippen LogP contribution in [-0.4, -0.2) is 76.7 Å². The van der Waals surface area contributed by atoms with Crippen molar-refractivity contribution in [1.29, 1.82) is 0 Å². The van der Waals surface area contributed by atoms with Gasteiger partial charge in [-0.2, -0.15) is 0 Å². The minimum atomic E-state index is -0.605. The Morgan fingerprint density at radius 3 is 2.04 bits per heavy atom. The first-order valence-corrected chi connectivity index (χ1v) is 14.7. The Balaban J connectivity index is 1.52. The molecule has 244 valence electrons. The van der Waals surface area contributed by atoms with Gasteiger partial charge in [0.05, 0.1) is 12.2 Å². The first-order valence-electron chi connectivity index (χ1n) is 14.7. The number of nitrogens with zero attached hydrogens (tertiary/aromatic N) is 4. The van der Waals surface area contributed by atoms with Crippen LogP contribution in [0.5, 0.6) is 11.5 Å². The largest absolute Gasteiger partial charge is 0.508 e. The molecule has 12 nitrogen and oxygen atoms in total. The van der Waals surface area contributed by atoms with Gasteiger partial charge in [-0.05, 0) is 54.6 Å². The van der Waals surface area contributed by atoms with Crippen molar-refractivity contribution in [3.8, 4) is 11.5 Å². The Morgan fingerprint density at radius 2 is 1.32 bits per heavy atom. The maximum Gasteiger partial charge on any atom is 0.319 e. The summed E-state index contributed by atoms with van der Waals surface area (Å²) in [6.45, 7) is -1.21. The van der Waals surface area contributed by atoms with E-state index in [9.17, 15) is 24.3 Å². The summed E-state index contributed by atoms with van der Waals surface area (Å²) in [5, 5.41) is 15.1. The van der Waals surface area contributed by atoms with Crippen molar-refractivity contribution in [3.63, 3.8) is 0 Å². The van der Waals surface area contributed by atoms with E-state index >= 15 is 0 Å². The number of amides is 5. The molecule has 0 aliphatic carbocycles. The fourth-order valence-electron chi connectivity index (χ4n) is 4.52. The predicted molar refractivity (Wildman–Crippen MR) is 183 cm³/mol. The second-order valence-electron chi connectivity index (χ2n) is 10.7. The average molecular weight is 639 g/mol. The summed E-state index contributed by atoms with van der Waals surface area (Å²) < 4.78 is 5.89. The van der Waals surface area contributed by atoms with Crippen LogP contribution in [0.4, 0.5) is 33.2 Å². The number of carbonyl (C=O) groups is 4. The number of urea groups is 1. The van der Waals surface area contributed by atoms with E-state index in [1.54, 1.807) is 93.0 Å². The fourth-order valence-corrected chi connectivity index (χ4v) is 4.52. The highest BCUT2D eigenvalue weighted by molar-refractivity contribution is 6.06. The molecule has 0 aromatic heterocycles. The minimum absolute atomic E-state index is 0.0112. The van der Waals surface area contributed by atoms with Gasteiger partial charge in [0.25, 0.3) is 5.91 Å². The highest BCUT2D eigenvalue weighted by atomic mass is 16.5. The molecule has 0 aliphatic heterocycles. The zero-order valence-corrected chi connectivity index (χ0v) is 26.7. The van der Waals surface area contributed by atoms with Crippen LogP contribution in [0.1, 0.15) is 0 Å². The van der Waals surface area contributed by atoms with Crippen LogP contribution in [0, 0.1) is 0 Å². The third kappa shape index (κ3) is 9.24. The molecule has 5 amide bonds. The zero-order chi connectivity index (χ0) is 33.9. The van der Waals surface area contributed by atoms with Crippen LogP contribution in [0.25, 0.3) is 0 Å². The number of rotatable bonds is 12. The van der Waals surface area contributed by atoms with Crippen molar-refractivity contribution >= 4 is 52.2 Å². The fraction of sp³-hybridized carbons (Fsp3) is 0.200. The van der Waals surface area contributed by atoms with Gasteiger partial charge in [-0.15, -0.1) is 0 Å². The number of para-hydroxylation sites is 3. The van der Waals surface area contributed by atoms with Crippen molar-refractivity contribution < 1.29 is 29.0 Å². The monoisotopic (exact) mass is 638 g/mol. The molecular formula is C35H38N6O6. The summed E-state index contributed by atoms with van der Waals surface area (Å²) in [5.41, 5.74) is 2.76. The van der Waals surface area contributed by atoms with Gasteiger partial charge in [0.2, 0.25) is 11.8 Å². The molecule has 0 heterocycles. The molecule has 4 aromatic rings. The van der Waals surface area contributed by atoms with Gasteiger partial charge in [0.1, 0.15) is 18.0 Å². The van der Waals surface area contributed by atoms with Gasteiger partial charge in [-0.1, -0.05) is 42.5 Å². The van der Waals surface area contributed by atoms with Crippen molar-refractivity contribution in [1.82, 2.24) is 5.32 Å². The lowest BCUT2D eigenvalue weighted by molar-refractivity contribution is -0.121. The van der Waals surface area contributed by atoms with E-state index in [1.807, 2.05) is 31.1 Å². The summed E-state index contributed by atoms with van der Waals surface area (Å²) in [4.78, 5) is 58.8. The Hall–Kier alpha value is -6.04. The molecule has 0 radical (unpaired) electrons. The number of phenols is 1. The van der Waals surface area contributed by atoms with Gasteiger partial charge in [0.15, 0.2) is 6.61 Å². The zero-order valence-electron chi connectivity index (χ0n) is 26.7. The number of aromatic hydroxyl groups is 1. The van der Waals surface area contributed by atoms with E-state index in [2.05, 4.69) is 10.6 Å². The molecule has 4 rings (SSSR count).